The number of likely N-dealkylation sites (N-methyl/N-ethyl adjacent to an activating group) is 1. The molecule has 5 nitrogen and oxygen atoms in total. The predicted molar refractivity (Wildman–Crippen MR) is 74.6 cm³/mol. The lowest BCUT2D eigenvalue weighted by atomic mass is 10.1. The molecule has 1 amide bonds. The minimum atomic E-state index is -1.13. The highest BCUT2D eigenvalue weighted by Crippen LogP contribution is 2.23. The summed E-state index contributed by atoms with van der Waals surface area (Å²) in [7, 11) is 1.67. The van der Waals surface area contributed by atoms with E-state index in [1.807, 2.05) is 31.2 Å². The Balaban J connectivity index is 2.26. The highest BCUT2D eigenvalue weighted by Gasteiger charge is 2.19. The summed E-state index contributed by atoms with van der Waals surface area (Å²) in [6, 6.07) is 7.96. The van der Waals surface area contributed by atoms with E-state index in [2.05, 4.69) is 4.98 Å². The molecule has 0 aliphatic carbocycles. The number of fused-ring (bicyclic) bond motifs is 1. The maximum atomic E-state index is 11.8. The van der Waals surface area contributed by atoms with Gasteiger partial charge in [0.25, 0.3) is 5.91 Å². The molecule has 102 valence electrons. The van der Waals surface area contributed by atoms with E-state index in [9.17, 15) is 9.90 Å². The van der Waals surface area contributed by atoms with E-state index in [0.29, 0.717) is 6.54 Å². The number of H-pyrrole nitrogens is 1. The second-order valence-corrected chi connectivity index (χ2v) is 4.72. The smallest absolute Gasteiger partial charge is 0.252 e. The van der Waals surface area contributed by atoms with Crippen molar-refractivity contribution in [2.45, 2.75) is 19.6 Å². The summed E-state index contributed by atoms with van der Waals surface area (Å²) in [5.74, 6) is -0.354. The fraction of sp³-hybridized carbons (Fsp3) is 0.357. The Morgan fingerprint density at radius 3 is 2.84 bits per heavy atom. The number of aryl methyl sites for hydroxylation is 1. The molecule has 2 aromatic rings. The van der Waals surface area contributed by atoms with Crippen LogP contribution in [0.4, 0.5) is 0 Å². The van der Waals surface area contributed by atoms with Gasteiger partial charge in [0.15, 0.2) is 0 Å². The maximum absolute atomic E-state index is 11.8. The highest BCUT2D eigenvalue weighted by atomic mass is 16.3. The lowest BCUT2D eigenvalue weighted by Crippen LogP contribution is -2.40. The van der Waals surface area contributed by atoms with Gasteiger partial charge in [0.1, 0.15) is 6.10 Å². The first-order valence-corrected chi connectivity index (χ1v) is 6.24. The molecule has 0 bridgehead atoms. The molecule has 4 N–H and O–H groups in total. The molecule has 5 heteroatoms. The zero-order valence-electron chi connectivity index (χ0n) is 11.2. The lowest BCUT2D eigenvalue weighted by Gasteiger charge is -2.20. The number of aliphatic hydroxyl groups excluding tert-OH is 1. The fourth-order valence-corrected chi connectivity index (χ4v) is 2.21. The molecule has 1 heterocycles. The Morgan fingerprint density at radius 2 is 2.16 bits per heavy atom. The van der Waals surface area contributed by atoms with Crippen molar-refractivity contribution in [1.29, 1.82) is 0 Å². The van der Waals surface area contributed by atoms with Gasteiger partial charge in [0.2, 0.25) is 0 Å². The Hall–Kier alpha value is -1.85. The van der Waals surface area contributed by atoms with E-state index in [4.69, 9.17) is 5.73 Å². The number of hydrogen-bond donors (Lipinski definition) is 3. The first-order chi connectivity index (χ1) is 9.04. The van der Waals surface area contributed by atoms with Crippen LogP contribution in [0.3, 0.4) is 0 Å². The molecule has 1 aromatic heterocycles. The Labute approximate surface area is 112 Å². The first-order valence-electron chi connectivity index (χ1n) is 6.24. The summed E-state index contributed by atoms with van der Waals surface area (Å²) in [6.07, 6.45) is -1.13. The third-order valence-electron chi connectivity index (χ3n) is 3.31. The molecule has 0 aliphatic heterocycles. The number of aliphatic hydroxyl groups is 1. The summed E-state index contributed by atoms with van der Waals surface area (Å²) in [4.78, 5) is 16.6. The molecule has 0 spiro atoms. The molecular formula is C14H19N3O2. The van der Waals surface area contributed by atoms with E-state index in [1.54, 1.807) is 7.05 Å². The number of aromatic nitrogens is 1. The predicted octanol–water partition coefficient (Wildman–Crippen LogP) is 0.754. The number of benzene rings is 1. The largest absolute Gasteiger partial charge is 0.382 e. The van der Waals surface area contributed by atoms with Gasteiger partial charge in [-0.3, -0.25) is 4.79 Å². The van der Waals surface area contributed by atoms with Gasteiger partial charge >= 0.3 is 0 Å². The Bertz CT molecular complexity index is 591. The van der Waals surface area contributed by atoms with Crippen LogP contribution in [0.1, 0.15) is 11.3 Å². The van der Waals surface area contributed by atoms with Crippen molar-refractivity contribution in [2.24, 2.45) is 5.73 Å². The van der Waals surface area contributed by atoms with Gasteiger partial charge in [0, 0.05) is 36.7 Å². The molecule has 0 aliphatic rings. The normalized spacial score (nSPS) is 12.6. The van der Waals surface area contributed by atoms with E-state index < -0.39 is 6.10 Å². The maximum Gasteiger partial charge on any atom is 0.252 e. The van der Waals surface area contributed by atoms with Gasteiger partial charge in [-0.1, -0.05) is 18.2 Å². The van der Waals surface area contributed by atoms with Gasteiger partial charge in [0.05, 0.1) is 0 Å². The van der Waals surface area contributed by atoms with Crippen LogP contribution in [0.15, 0.2) is 24.3 Å². The van der Waals surface area contributed by atoms with Crippen LogP contribution in [0.5, 0.6) is 0 Å². The molecule has 1 atom stereocenters. The minimum Gasteiger partial charge on any atom is -0.382 e. The quantitative estimate of drug-likeness (QED) is 0.759. The van der Waals surface area contributed by atoms with Gasteiger partial charge in [-0.2, -0.15) is 0 Å². The monoisotopic (exact) mass is 261 g/mol. The number of hydrogen-bond acceptors (Lipinski definition) is 3. The number of nitrogens with two attached hydrogens (primary N) is 1. The summed E-state index contributed by atoms with van der Waals surface area (Å²) in [6.45, 7) is 2.37. The van der Waals surface area contributed by atoms with E-state index >= 15 is 0 Å². The SMILES string of the molecule is Cc1[nH]c2ccccc2c1CN(C)C(=O)C(O)CN. The van der Waals surface area contributed by atoms with Crippen LogP contribution >= 0.6 is 0 Å². The number of amides is 1. The molecule has 2 rings (SSSR count). The van der Waals surface area contributed by atoms with E-state index in [-0.39, 0.29) is 12.5 Å². The summed E-state index contributed by atoms with van der Waals surface area (Å²) in [5.41, 5.74) is 8.45. The summed E-state index contributed by atoms with van der Waals surface area (Å²) >= 11 is 0. The van der Waals surface area contributed by atoms with Gasteiger partial charge < -0.3 is 20.7 Å². The van der Waals surface area contributed by atoms with E-state index in [1.165, 1.54) is 4.90 Å². The average molecular weight is 261 g/mol. The van der Waals surface area contributed by atoms with Crippen LogP contribution in [-0.2, 0) is 11.3 Å². The van der Waals surface area contributed by atoms with Crippen molar-refractivity contribution in [3.8, 4) is 0 Å². The second-order valence-electron chi connectivity index (χ2n) is 4.72. The van der Waals surface area contributed by atoms with Crippen LogP contribution < -0.4 is 5.73 Å². The standard InChI is InChI=1S/C14H19N3O2/c1-9-11(8-17(2)14(19)13(18)7-15)10-5-3-4-6-12(10)16-9/h3-6,13,16,18H,7-8,15H2,1-2H3. The number of para-hydroxylation sites is 1. The lowest BCUT2D eigenvalue weighted by molar-refractivity contribution is -0.138. The van der Waals surface area contributed by atoms with Crippen molar-refractivity contribution in [1.82, 2.24) is 9.88 Å². The number of carbonyl (C=O) groups excluding carboxylic acids is 1. The number of rotatable bonds is 4. The van der Waals surface area contributed by atoms with Crippen LogP contribution in [0.25, 0.3) is 10.9 Å². The Kier molecular flexibility index (Phi) is 3.87. The van der Waals surface area contributed by atoms with Crippen molar-refractivity contribution in [3.05, 3.63) is 35.5 Å². The van der Waals surface area contributed by atoms with Crippen LogP contribution in [0.2, 0.25) is 0 Å². The Morgan fingerprint density at radius 1 is 1.47 bits per heavy atom. The van der Waals surface area contributed by atoms with Crippen LogP contribution in [-0.4, -0.2) is 40.6 Å². The van der Waals surface area contributed by atoms with Gasteiger partial charge in [-0.05, 0) is 18.6 Å². The highest BCUT2D eigenvalue weighted by molar-refractivity contribution is 5.86. The number of nitrogens with zero attached hydrogens (tertiary/aromatic N) is 1. The zero-order valence-corrected chi connectivity index (χ0v) is 11.2. The molecule has 0 saturated heterocycles. The van der Waals surface area contributed by atoms with Crippen molar-refractivity contribution in [2.75, 3.05) is 13.6 Å². The van der Waals surface area contributed by atoms with Crippen LogP contribution in [0, 0.1) is 6.92 Å². The minimum absolute atomic E-state index is 0.0595. The second kappa shape index (κ2) is 5.42. The molecule has 0 saturated carbocycles. The summed E-state index contributed by atoms with van der Waals surface area (Å²) < 4.78 is 0. The molecule has 1 aromatic carbocycles. The molecule has 0 fully saturated rings. The fourth-order valence-electron chi connectivity index (χ4n) is 2.21. The molecular weight excluding hydrogens is 242 g/mol. The average Bonchev–Trinajstić information content (AvgIpc) is 2.73. The van der Waals surface area contributed by atoms with E-state index in [0.717, 1.165) is 22.2 Å². The third kappa shape index (κ3) is 2.62. The topological polar surface area (TPSA) is 82.3 Å². The van der Waals surface area contributed by atoms with Gasteiger partial charge in [-0.25, -0.2) is 0 Å². The third-order valence-corrected chi connectivity index (χ3v) is 3.31. The number of aromatic amines is 1. The molecule has 0 radical (unpaired) electrons. The molecule has 1 unspecified atom stereocenters. The summed E-state index contributed by atoms with van der Waals surface area (Å²) in [5, 5.41) is 10.6. The van der Waals surface area contributed by atoms with Crippen molar-refractivity contribution < 1.29 is 9.90 Å². The van der Waals surface area contributed by atoms with Gasteiger partial charge in [-0.15, -0.1) is 0 Å². The molecule has 19 heavy (non-hydrogen) atoms. The first kappa shape index (κ1) is 13.6. The van der Waals surface area contributed by atoms with Crippen molar-refractivity contribution in [3.63, 3.8) is 0 Å². The van der Waals surface area contributed by atoms with Crippen molar-refractivity contribution >= 4 is 16.8 Å². The number of carbonyl (C=O) groups is 1. The number of nitrogens with one attached hydrogen (secondary N) is 1. The zero-order chi connectivity index (χ0) is 14.0.